The lowest BCUT2D eigenvalue weighted by molar-refractivity contribution is 0.623. The quantitative estimate of drug-likeness (QED) is 0.875. The number of anilines is 1. The van der Waals surface area contributed by atoms with Crippen molar-refractivity contribution >= 4 is 41.6 Å². The molecule has 24 heavy (non-hydrogen) atoms. The lowest BCUT2D eigenvalue weighted by Crippen LogP contribution is -2.48. The summed E-state index contributed by atoms with van der Waals surface area (Å²) in [6.07, 6.45) is 1.44. The van der Waals surface area contributed by atoms with E-state index >= 15 is 0 Å². The Morgan fingerprint density at radius 3 is 2.50 bits per heavy atom. The molecular weight excluding hydrogens is 345 g/mol. The summed E-state index contributed by atoms with van der Waals surface area (Å²) in [7, 11) is 0. The highest BCUT2D eigenvalue weighted by Crippen LogP contribution is 2.25. The Morgan fingerprint density at radius 2 is 1.79 bits per heavy atom. The zero-order chi connectivity index (χ0) is 16.2. The largest absolute Gasteiger partial charge is 0.369 e. The maximum atomic E-state index is 6.09. The van der Waals surface area contributed by atoms with Crippen molar-refractivity contribution in [3.8, 4) is 0 Å². The average molecular weight is 364 g/mol. The fourth-order valence-electron chi connectivity index (χ4n) is 2.63. The number of aryl methyl sites for hydroxylation is 1. The minimum atomic E-state index is -0.203. The number of guanidine groups is 2. The second-order valence-electron chi connectivity index (χ2n) is 5.31. The molecule has 1 aliphatic heterocycles. The van der Waals surface area contributed by atoms with Gasteiger partial charge in [-0.25, -0.2) is 4.99 Å². The number of nitrogens with zero attached hydrogens (tertiary/aromatic N) is 3. The SMILES string of the molecule is Cl.NC1=NC(CCc2ccccc2)N(c2cccc(Cl)c2)C(N)=N1. The van der Waals surface area contributed by atoms with Gasteiger partial charge in [0, 0.05) is 10.7 Å². The molecular formula is C17H19Cl2N5. The Morgan fingerprint density at radius 1 is 1.04 bits per heavy atom. The standard InChI is InChI=1S/C17H18ClN5.ClH/c18-13-7-4-8-14(11-13)23-15(21-16(19)22-17(23)20)10-9-12-5-2-1-3-6-12;/h1-8,11,15H,9-10H2,(H4,19,20,21,22);1H. The van der Waals surface area contributed by atoms with Crippen LogP contribution in [-0.2, 0) is 6.42 Å². The predicted octanol–water partition coefficient (Wildman–Crippen LogP) is 3.17. The molecule has 0 aromatic heterocycles. The number of benzene rings is 2. The van der Waals surface area contributed by atoms with Crippen LogP contribution in [0.4, 0.5) is 5.69 Å². The van der Waals surface area contributed by atoms with Crippen LogP contribution in [0.3, 0.4) is 0 Å². The lowest BCUT2D eigenvalue weighted by Gasteiger charge is -2.32. The first-order valence-corrected chi connectivity index (χ1v) is 7.77. The van der Waals surface area contributed by atoms with Crippen LogP contribution in [0.15, 0.2) is 64.6 Å². The molecule has 3 rings (SSSR count). The van der Waals surface area contributed by atoms with Gasteiger partial charge in [-0.3, -0.25) is 4.90 Å². The molecule has 4 N–H and O–H groups in total. The van der Waals surface area contributed by atoms with E-state index in [9.17, 15) is 0 Å². The van der Waals surface area contributed by atoms with E-state index < -0.39 is 0 Å². The zero-order valence-electron chi connectivity index (χ0n) is 13.0. The molecule has 5 nitrogen and oxygen atoms in total. The number of nitrogens with two attached hydrogens (primary N) is 2. The topological polar surface area (TPSA) is 80.0 Å². The van der Waals surface area contributed by atoms with Crippen LogP contribution in [0, 0.1) is 0 Å². The Bertz CT molecular complexity index is 746. The second kappa shape index (κ2) is 8.04. The number of hydrogen-bond donors (Lipinski definition) is 2. The summed E-state index contributed by atoms with van der Waals surface area (Å²) in [6, 6.07) is 17.7. The average Bonchev–Trinajstić information content (AvgIpc) is 2.53. The molecule has 2 aromatic rings. The summed E-state index contributed by atoms with van der Waals surface area (Å²) in [4.78, 5) is 10.4. The third kappa shape index (κ3) is 4.19. The molecule has 1 unspecified atom stereocenters. The minimum absolute atomic E-state index is 0. The summed E-state index contributed by atoms with van der Waals surface area (Å²) >= 11 is 6.09. The van der Waals surface area contributed by atoms with Gasteiger partial charge >= 0.3 is 0 Å². The summed E-state index contributed by atoms with van der Waals surface area (Å²) in [5.74, 6) is 0.539. The highest BCUT2D eigenvalue weighted by molar-refractivity contribution is 6.31. The van der Waals surface area contributed by atoms with Gasteiger partial charge in [0.1, 0.15) is 6.17 Å². The highest BCUT2D eigenvalue weighted by atomic mass is 35.5. The van der Waals surface area contributed by atoms with E-state index in [1.165, 1.54) is 5.56 Å². The summed E-state index contributed by atoms with van der Waals surface area (Å²) in [6.45, 7) is 0. The third-order valence-electron chi connectivity index (χ3n) is 3.68. The van der Waals surface area contributed by atoms with E-state index in [4.69, 9.17) is 23.1 Å². The van der Waals surface area contributed by atoms with Crippen LogP contribution >= 0.6 is 24.0 Å². The van der Waals surface area contributed by atoms with Crippen molar-refractivity contribution in [3.05, 3.63) is 65.2 Å². The summed E-state index contributed by atoms with van der Waals surface area (Å²) in [5, 5.41) is 0.639. The van der Waals surface area contributed by atoms with Gasteiger partial charge in [-0.05, 0) is 36.6 Å². The number of aliphatic imine (C=N–C) groups is 2. The van der Waals surface area contributed by atoms with Gasteiger partial charge < -0.3 is 11.5 Å². The molecule has 0 amide bonds. The highest BCUT2D eigenvalue weighted by Gasteiger charge is 2.25. The molecule has 2 aromatic carbocycles. The summed E-state index contributed by atoms with van der Waals surface area (Å²) in [5.41, 5.74) is 14.0. The van der Waals surface area contributed by atoms with Crippen molar-refractivity contribution in [1.29, 1.82) is 0 Å². The maximum absolute atomic E-state index is 6.09. The van der Waals surface area contributed by atoms with Gasteiger partial charge in [0.25, 0.3) is 0 Å². The molecule has 0 saturated heterocycles. The molecule has 1 atom stereocenters. The second-order valence-corrected chi connectivity index (χ2v) is 5.75. The zero-order valence-corrected chi connectivity index (χ0v) is 14.5. The van der Waals surface area contributed by atoms with Crippen LogP contribution in [0.5, 0.6) is 0 Å². The van der Waals surface area contributed by atoms with Gasteiger partial charge in [-0.15, -0.1) is 12.4 Å². The third-order valence-corrected chi connectivity index (χ3v) is 3.91. The normalized spacial score (nSPS) is 16.9. The van der Waals surface area contributed by atoms with E-state index in [2.05, 4.69) is 22.1 Å². The van der Waals surface area contributed by atoms with Crippen LogP contribution < -0.4 is 16.4 Å². The van der Waals surface area contributed by atoms with Crippen molar-refractivity contribution < 1.29 is 0 Å². The molecule has 0 saturated carbocycles. The Balaban J connectivity index is 0.00000208. The van der Waals surface area contributed by atoms with Gasteiger partial charge in [0.2, 0.25) is 11.9 Å². The predicted molar refractivity (Wildman–Crippen MR) is 103 cm³/mol. The van der Waals surface area contributed by atoms with Gasteiger partial charge in [-0.1, -0.05) is 48.0 Å². The molecule has 7 heteroatoms. The van der Waals surface area contributed by atoms with E-state index in [1.807, 2.05) is 47.4 Å². The number of rotatable bonds is 4. The smallest absolute Gasteiger partial charge is 0.220 e. The Labute approximate surface area is 152 Å². The molecule has 1 heterocycles. The first-order chi connectivity index (χ1) is 11.1. The Kier molecular flexibility index (Phi) is 6.06. The van der Waals surface area contributed by atoms with Crippen molar-refractivity contribution in [2.24, 2.45) is 21.5 Å². The van der Waals surface area contributed by atoms with E-state index in [0.717, 1.165) is 18.5 Å². The fraction of sp³-hybridized carbons (Fsp3) is 0.176. The van der Waals surface area contributed by atoms with Crippen molar-refractivity contribution in [3.63, 3.8) is 0 Å². The van der Waals surface area contributed by atoms with Crippen LogP contribution in [0.1, 0.15) is 12.0 Å². The molecule has 0 bridgehead atoms. The molecule has 0 aliphatic carbocycles. The molecule has 1 aliphatic rings. The number of halogens is 2. The van der Waals surface area contributed by atoms with Crippen molar-refractivity contribution in [2.75, 3.05) is 4.90 Å². The summed E-state index contributed by atoms with van der Waals surface area (Å²) < 4.78 is 0. The monoisotopic (exact) mass is 363 g/mol. The lowest BCUT2D eigenvalue weighted by atomic mass is 10.1. The first-order valence-electron chi connectivity index (χ1n) is 7.39. The maximum Gasteiger partial charge on any atom is 0.220 e. The van der Waals surface area contributed by atoms with Crippen molar-refractivity contribution in [1.82, 2.24) is 0 Å². The fourth-order valence-corrected chi connectivity index (χ4v) is 2.81. The first kappa shape index (κ1) is 18.1. The molecule has 126 valence electrons. The van der Waals surface area contributed by atoms with Crippen molar-refractivity contribution in [2.45, 2.75) is 19.0 Å². The van der Waals surface area contributed by atoms with Gasteiger partial charge in [0.15, 0.2) is 0 Å². The van der Waals surface area contributed by atoms with Crippen LogP contribution in [0.25, 0.3) is 0 Å². The number of hydrogen-bond acceptors (Lipinski definition) is 5. The molecule has 0 spiro atoms. The Hall–Kier alpha value is -2.24. The van der Waals surface area contributed by atoms with Crippen LogP contribution in [0.2, 0.25) is 5.02 Å². The van der Waals surface area contributed by atoms with E-state index in [0.29, 0.717) is 11.0 Å². The van der Waals surface area contributed by atoms with Crippen LogP contribution in [-0.4, -0.2) is 18.1 Å². The van der Waals surface area contributed by atoms with Gasteiger partial charge in [0.05, 0.1) is 0 Å². The minimum Gasteiger partial charge on any atom is -0.369 e. The molecule has 0 radical (unpaired) electrons. The van der Waals surface area contributed by atoms with E-state index in [1.54, 1.807) is 0 Å². The van der Waals surface area contributed by atoms with E-state index in [-0.39, 0.29) is 24.5 Å². The molecule has 0 fully saturated rings. The van der Waals surface area contributed by atoms with Gasteiger partial charge in [-0.2, -0.15) is 4.99 Å².